The highest BCUT2D eigenvalue weighted by Crippen LogP contribution is 2.19. The van der Waals surface area contributed by atoms with Crippen LogP contribution in [0.1, 0.15) is 48.0 Å². The van der Waals surface area contributed by atoms with Gasteiger partial charge in [0.1, 0.15) is 6.61 Å². The Morgan fingerprint density at radius 3 is 2.81 bits per heavy atom. The van der Waals surface area contributed by atoms with Crippen molar-refractivity contribution in [3.05, 3.63) is 35.4 Å². The van der Waals surface area contributed by atoms with Crippen LogP contribution in [0.5, 0.6) is 0 Å². The van der Waals surface area contributed by atoms with Crippen LogP contribution in [-0.2, 0) is 0 Å². The molecule has 0 radical (unpaired) electrons. The molecule has 1 aliphatic carbocycles. The van der Waals surface area contributed by atoms with E-state index in [1.807, 2.05) is 0 Å². The lowest BCUT2D eigenvalue weighted by Gasteiger charge is -2.22. The first-order valence-electron chi connectivity index (χ1n) is 7.40. The minimum Gasteiger partial charge on any atom is -0.391 e. The fourth-order valence-corrected chi connectivity index (χ4v) is 2.63. The van der Waals surface area contributed by atoms with Gasteiger partial charge in [-0.3, -0.25) is 4.79 Å². The summed E-state index contributed by atoms with van der Waals surface area (Å²) in [5.41, 5.74) is 1.07. The summed E-state index contributed by atoms with van der Waals surface area (Å²) >= 11 is 0. The molecule has 1 aromatic rings. The van der Waals surface area contributed by atoms with Gasteiger partial charge in [0, 0.05) is 5.56 Å². The second-order valence-electron chi connectivity index (χ2n) is 5.29. The largest absolute Gasteiger partial charge is 0.391 e. The lowest BCUT2D eigenvalue weighted by molar-refractivity contribution is 0.0818. The number of hydrogen-bond donors (Lipinski definition) is 3. The zero-order valence-corrected chi connectivity index (χ0v) is 12.0. The Bertz CT molecular complexity index is 544. The second-order valence-corrected chi connectivity index (χ2v) is 5.29. The summed E-state index contributed by atoms with van der Waals surface area (Å²) in [6, 6.07) is 6.85. The molecule has 1 aromatic carbocycles. The van der Waals surface area contributed by atoms with Gasteiger partial charge in [0.05, 0.1) is 17.7 Å². The molecule has 0 heterocycles. The molecular weight excluding hydrogens is 266 g/mol. The van der Waals surface area contributed by atoms with Crippen LogP contribution in [0.2, 0.25) is 0 Å². The predicted molar refractivity (Wildman–Crippen MR) is 80.8 cm³/mol. The van der Waals surface area contributed by atoms with E-state index in [0.29, 0.717) is 11.1 Å². The predicted octanol–water partition coefficient (Wildman–Crippen LogP) is 1.45. The number of benzene rings is 1. The van der Waals surface area contributed by atoms with Crippen LogP contribution in [0, 0.1) is 11.8 Å². The third-order valence-electron chi connectivity index (χ3n) is 3.77. The van der Waals surface area contributed by atoms with Crippen LogP contribution in [0.3, 0.4) is 0 Å². The monoisotopic (exact) mass is 287 g/mol. The quantitative estimate of drug-likeness (QED) is 0.569. The summed E-state index contributed by atoms with van der Waals surface area (Å²) in [5, 5.41) is 21.8. The van der Waals surface area contributed by atoms with Gasteiger partial charge in [-0.2, -0.15) is 0 Å². The van der Waals surface area contributed by atoms with Crippen molar-refractivity contribution in [2.45, 2.75) is 44.2 Å². The van der Waals surface area contributed by atoms with Gasteiger partial charge in [0.15, 0.2) is 0 Å². The lowest BCUT2D eigenvalue weighted by Crippen LogP contribution is -2.42. The number of aliphatic hydroxyl groups excluding tert-OH is 2. The first-order chi connectivity index (χ1) is 10.2. The van der Waals surface area contributed by atoms with Crippen molar-refractivity contribution < 1.29 is 15.0 Å². The number of aliphatic hydroxyl groups is 2. The van der Waals surface area contributed by atoms with Crippen LogP contribution >= 0.6 is 0 Å². The molecule has 0 spiro atoms. The van der Waals surface area contributed by atoms with Gasteiger partial charge in [-0.1, -0.05) is 43.2 Å². The molecule has 0 aliphatic heterocycles. The lowest BCUT2D eigenvalue weighted by atomic mass is 10.0. The molecule has 1 fully saturated rings. The highest BCUT2D eigenvalue weighted by atomic mass is 16.3. The molecule has 112 valence electrons. The number of carbonyl (C=O) groups excluding carboxylic acids is 1. The Morgan fingerprint density at radius 1 is 1.24 bits per heavy atom. The topological polar surface area (TPSA) is 69.6 Å². The van der Waals surface area contributed by atoms with E-state index in [4.69, 9.17) is 5.11 Å². The molecule has 0 aromatic heterocycles. The van der Waals surface area contributed by atoms with E-state index in [2.05, 4.69) is 17.2 Å². The minimum atomic E-state index is -0.480. The van der Waals surface area contributed by atoms with Crippen molar-refractivity contribution in [2.75, 3.05) is 6.61 Å². The van der Waals surface area contributed by atoms with Crippen molar-refractivity contribution in [2.24, 2.45) is 0 Å². The highest BCUT2D eigenvalue weighted by molar-refractivity contribution is 5.96. The molecule has 2 atom stereocenters. The van der Waals surface area contributed by atoms with Crippen molar-refractivity contribution in [1.29, 1.82) is 0 Å². The standard InChI is InChI=1S/C17H21NO3/c19-12-6-8-13-7-4-5-9-14(13)17(21)18-15-10-2-1-3-11-16(15)20/h4-5,7,9,15-16,19-20H,1-3,10-12H2,(H,18,21). The minimum absolute atomic E-state index is 0.196. The zero-order valence-electron chi connectivity index (χ0n) is 12.0. The van der Waals surface area contributed by atoms with Crippen molar-refractivity contribution in [3.63, 3.8) is 0 Å². The SMILES string of the molecule is O=C(NC1CCCCCC1O)c1ccccc1C#CCO. The Labute approximate surface area is 125 Å². The van der Waals surface area contributed by atoms with Crippen LogP contribution in [0.25, 0.3) is 0 Å². The van der Waals surface area contributed by atoms with Gasteiger partial charge >= 0.3 is 0 Å². The summed E-state index contributed by atoms with van der Waals surface area (Å²) in [6.07, 6.45) is 4.18. The van der Waals surface area contributed by atoms with Gasteiger partial charge in [0.25, 0.3) is 5.91 Å². The van der Waals surface area contributed by atoms with Crippen LogP contribution in [0.15, 0.2) is 24.3 Å². The van der Waals surface area contributed by atoms with Crippen molar-refractivity contribution in [1.82, 2.24) is 5.32 Å². The molecule has 1 saturated carbocycles. The Kier molecular flexibility index (Phi) is 5.79. The van der Waals surface area contributed by atoms with E-state index >= 15 is 0 Å². The molecule has 3 N–H and O–H groups in total. The van der Waals surface area contributed by atoms with Crippen molar-refractivity contribution in [3.8, 4) is 11.8 Å². The molecule has 0 bridgehead atoms. The van der Waals surface area contributed by atoms with Gasteiger partial charge in [-0.05, 0) is 25.0 Å². The summed E-state index contributed by atoms with van der Waals surface area (Å²) < 4.78 is 0. The van der Waals surface area contributed by atoms with E-state index in [-0.39, 0.29) is 18.6 Å². The van der Waals surface area contributed by atoms with E-state index in [0.717, 1.165) is 32.1 Å². The van der Waals surface area contributed by atoms with E-state index < -0.39 is 6.10 Å². The maximum atomic E-state index is 12.4. The Hall–Kier alpha value is -1.83. The molecule has 0 saturated heterocycles. The number of nitrogens with one attached hydrogen (secondary N) is 1. The number of rotatable bonds is 2. The fraction of sp³-hybridized carbons (Fsp3) is 0.471. The average Bonchev–Trinajstić information content (AvgIpc) is 2.70. The van der Waals surface area contributed by atoms with Crippen molar-refractivity contribution >= 4 is 5.91 Å². The molecule has 2 rings (SSSR count). The first kappa shape index (κ1) is 15.6. The molecule has 2 unspecified atom stereocenters. The molecule has 1 aliphatic rings. The first-order valence-corrected chi connectivity index (χ1v) is 7.40. The fourth-order valence-electron chi connectivity index (χ4n) is 2.63. The smallest absolute Gasteiger partial charge is 0.252 e. The number of carbonyl (C=O) groups is 1. The third kappa shape index (κ3) is 4.32. The molecule has 1 amide bonds. The molecule has 4 heteroatoms. The summed E-state index contributed by atoms with van der Waals surface area (Å²) in [4.78, 5) is 12.4. The van der Waals surface area contributed by atoms with Gasteiger partial charge in [0.2, 0.25) is 0 Å². The van der Waals surface area contributed by atoms with Crippen LogP contribution in [-0.4, -0.2) is 34.9 Å². The normalized spacial score (nSPS) is 21.8. The summed E-state index contributed by atoms with van der Waals surface area (Å²) in [5.74, 6) is 5.12. The molecule has 21 heavy (non-hydrogen) atoms. The van der Waals surface area contributed by atoms with E-state index in [1.54, 1.807) is 24.3 Å². The molecule has 4 nitrogen and oxygen atoms in total. The van der Waals surface area contributed by atoms with E-state index in [1.165, 1.54) is 0 Å². The van der Waals surface area contributed by atoms with Gasteiger partial charge in [-0.15, -0.1) is 0 Å². The summed E-state index contributed by atoms with van der Waals surface area (Å²) in [6.45, 7) is -0.239. The second kappa shape index (κ2) is 7.82. The Morgan fingerprint density at radius 2 is 2.00 bits per heavy atom. The Balaban J connectivity index is 2.12. The van der Waals surface area contributed by atoms with E-state index in [9.17, 15) is 9.90 Å². The zero-order chi connectivity index (χ0) is 15.1. The maximum Gasteiger partial charge on any atom is 0.252 e. The average molecular weight is 287 g/mol. The third-order valence-corrected chi connectivity index (χ3v) is 3.77. The number of amides is 1. The van der Waals surface area contributed by atoms with Gasteiger partial charge in [-0.25, -0.2) is 0 Å². The molecular formula is C17H21NO3. The van der Waals surface area contributed by atoms with Crippen LogP contribution < -0.4 is 5.32 Å². The van der Waals surface area contributed by atoms with Crippen LogP contribution in [0.4, 0.5) is 0 Å². The number of hydrogen-bond acceptors (Lipinski definition) is 3. The summed E-state index contributed by atoms with van der Waals surface area (Å²) in [7, 11) is 0. The maximum absolute atomic E-state index is 12.4. The highest BCUT2D eigenvalue weighted by Gasteiger charge is 2.24. The van der Waals surface area contributed by atoms with Gasteiger partial charge < -0.3 is 15.5 Å².